The zero-order valence-electron chi connectivity index (χ0n) is 8.49. The van der Waals surface area contributed by atoms with Gasteiger partial charge in [-0.2, -0.15) is 11.8 Å². The van der Waals surface area contributed by atoms with Gasteiger partial charge in [0.1, 0.15) is 0 Å². The minimum absolute atomic E-state index is 0.134. The van der Waals surface area contributed by atoms with Gasteiger partial charge in [0.15, 0.2) is 0 Å². The molecule has 0 heterocycles. The molecule has 0 radical (unpaired) electrons. The van der Waals surface area contributed by atoms with Crippen LogP contribution in [-0.4, -0.2) is 47.0 Å². The highest BCUT2D eigenvalue weighted by molar-refractivity contribution is 7.99. The molecule has 3 nitrogen and oxygen atoms in total. The number of rotatable bonds is 8. The molecule has 0 amide bonds. The van der Waals surface area contributed by atoms with Gasteiger partial charge in [-0.25, -0.2) is 0 Å². The lowest BCUT2D eigenvalue weighted by Gasteiger charge is -2.15. The fourth-order valence-electron chi connectivity index (χ4n) is 1.01. The molecule has 80 valence electrons. The van der Waals surface area contributed by atoms with Crippen molar-refractivity contribution >= 4 is 11.8 Å². The fourth-order valence-corrected chi connectivity index (χ4v) is 2.16. The number of hydrogen-bond donors (Lipinski definition) is 3. The molecule has 0 aliphatic rings. The smallest absolute Gasteiger partial charge is 0.0861 e. The van der Waals surface area contributed by atoms with Gasteiger partial charge < -0.3 is 15.5 Å². The summed E-state index contributed by atoms with van der Waals surface area (Å²) < 4.78 is 0. The molecule has 0 rings (SSSR count). The van der Waals surface area contributed by atoms with Gasteiger partial charge in [0, 0.05) is 17.5 Å². The van der Waals surface area contributed by atoms with Crippen LogP contribution in [0.15, 0.2) is 0 Å². The second-order valence-electron chi connectivity index (χ2n) is 3.04. The average Bonchev–Trinajstić information content (AvgIpc) is 2.16. The normalized spacial score (nSPS) is 15.7. The number of nitrogens with one attached hydrogen (secondary N) is 1. The van der Waals surface area contributed by atoms with Crippen molar-refractivity contribution in [1.82, 2.24) is 5.32 Å². The number of aliphatic hydroxyl groups excluding tert-OH is 2. The summed E-state index contributed by atoms with van der Waals surface area (Å²) >= 11 is 1.69. The second kappa shape index (κ2) is 8.81. The standard InChI is InChI=1S/C9H21NO2S/c1-3-8(10-4-2)6-13-7-9(12)5-11/h8-12H,3-7H2,1-2H3. The van der Waals surface area contributed by atoms with Crippen LogP contribution in [0, 0.1) is 0 Å². The van der Waals surface area contributed by atoms with E-state index in [1.165, 1.54) is 0 Å². The molecule has 0 spiro atoms. The molecule has 0 bridgehead atoms. The molecule has 2 unspecified atom stereocenters. The van der Waals surface area contributed by atoms with E-state index < -0.39 is 6.10 Å². The third kappa shape index (κ3) is 7.31. The molecule has 13 heavy (non-hydrogen) atoms. The Hall–Kier alpha value is 0.230. The highest BCUT2D eigenvalue weighted by atomic mass is 32.2. The van der Waals surface area contributed by atoms with Crippen LogP contribution in [0.25, 0.3) is 0 Å². The van der Waals surface area contributed by atoms with E-state index in [1.807, 2.05) is 0 Å². The first-order chi connectivity index (χ1) is 6.24. The Bertz CT molecular complexity index is 114. The third-order valence-corrected chi connectivity index (χ3v) is 3.08. The van der Waals surface area contributed by atoms with Gasteiger partial charge in [-0.1, -0.05) is 13.8 Å². The minimum atomic E-state index is -0.566. The van der Waals surface area contributed by atoms with E-state index in [-0.39, 0.29) is 6.61 Å². The lowest BCUT2D eigenvalue weighted by Crippen LogP contribution is -2.31. The maximum absolute atomic E-state index is 9.08. The summed E-state index contributed by atoms with van der Waals surface area (Å²) in [5.41, 5.74) is 0. The Kier molecular flexibility index (Phi) is 8.97. The topological polar surface area (TPSA) is 52.5 Å². The Morgan fingerprint density at radius 3 is 2.46 bits per heavy atom. The van der Waals surface area contributed by atoms with Crippen LogP contribution in [0.4, 0.5) is 0 Å². The van der Waals surface area contributed by atoms with Crippen LogP contribution >= 0.6 is 11.8 Å². The predicted octanol–water partition coefficient (Wildman–Crippen LogP) is 0.461. The summed E-state index contributed by atoms with van der Waals surface area (Å²) in [6.07, 6.45) is 0.542. The maximum Gasteiger partial charge on any atom is 0.0861 e. The van der Waals surface area contributed by atoms with Crippen LogP contribution in [0.1, 0.15) is 20.3 Å². The highest BCUT2D eigenvalue weighted by Gasteiger charge is 2.06. The molecule has 0 aliphatic carbocycles. The summed E-state index contributed by atoms with van der Waals surface area (Å²) in [5.74, 6) is 1.62. The Morgan fingerprint density at radius 1 is 1.31 bits per heavy atom. The maximum atomic E-state index is 9.08. The second-order valence-corrected chi connectivity index (χ2v) is 4.11. The molecule has 2 atom stereocenters. The Labute approximate surface area is 84.9 Å². The summed E-state index contributed by atoms with van der Waals surface area (Å²) in [5, 5.41) is 21.0. The molecule has 0 aromatic heterocycles. The van der Waals surface area contributed by atoms with E-state index in [2.05, 4.69) is 19.2 Å². The lowest BCUT2D eigenvalue weighted by molar-refractivity contribution is 0.113. The summed E-state index contributed by atoms with van der Waals surface area (Å²) in [7, 11) is 0. The molecular weight excluding hydrogens is 186 g/mol. The van der Waals surface area contributed by atoms with E-state index in [1.54, 1.807) is 11.8 Å². The van der Waals surface area contributed by atoms with Crippen LogP contribution in [-0.2, 0) is 0 Å². The number of thioether (sulfide) groups is 1. The van der Waals surface area contributed by atoms with Crippen molar-refractivity contribution in [2.75, 3.05) is 24.7 Å². The van der Waals surface area contributed by atoms with Gasteiger partial charge >= 0.3 is 0 Å². The lowest BCUT2D eigenvalue weighted by atomic mass is 10.2. The van der Waals surface area contributed by atoms with Crippen LogP contribution in [0.2, 0.25) is 0 Å². The highest BCUT2D eigenvalue weighted by Crippen LogP contribution is 2.07. The van der Waals surface area contributed by atoms with Crippen molar-refractivity contribution in [2.45, 2.75) is 32.4 Å². The molecule has 0 saturated heterocycles. The van der Waals surface area contributed by atoms with Crippen molar-refractivity contribution in [3.63, 3.8) is 0 Å². The Balaban J connectivity index is 3.37. The molecule has 3 N–H and O–H groups in total. The van der Waals surface area contributed by atoms with Crippen molar-refractivity contribution in [2.24, 2.45) is 0 Å². The zero-order valence-corrected chi connectivity index (χ0v) is 9.31. The molecular formula is C9H21NO2S. The quantitative estimate of drug-likeness (QED) is 0.541. The first-order valence-electron chi connectivity index (χ1n) is 4.84. The minimum Gasteiger partial charge on any atom is -0.394 e. The Morgan fingerprint density at radius 2 is 2.00 bits per heavy atom. The summed E-state index contributed by atoms with van der Waals surface area (Å²) in [6.45, 7) is 5.10. The summed E-state index contributed by atoms with van der Waals surface area (Å²) in [6, 6.07) is 0.529. The number of hydrogen-bond acceptors (Lipinski definition) is 4. The van der Waals surface area contributed by atoms with E-state index in [4.69, 9.17) is 10.2 Å². The van der Waals surface area contributed by atoms with E-state index in [0.29, 0.717) is 11.8 Å². The molecule has 0 aromatic carbocycles. The SMILES string of the molecule is CCNC(CC)CSCC(O)CO. The summed E-state index contributed by atoms with van der Waals surface area (Å²) in [4.78, 5) is 0. The fraction of sp³-hybridized carbons (Fsp3) is 1.00. The van der Waals surface area contributed by atoms with Crippen molar-refractivity contribution < 1.29 is 10.2 Å². The molecule has 4 heteroatoms. The monoisotopic (exact) mass is 207 g/mol. The van der Waals surface area contributed by atoms with E-state index >= 15 is 0 Å². The van der Waals surface area contributed by atoms with Crippen molar-refractivity contribution in [3.05, 3.63) is 0 Å². The number of aliphatic hydroxyl groups is 2. The molecule has 0 fully saturated rings. The van der Waals surface area contributed by atoms with Crippen molar-refractivity contribution in [1.29, 1.82) is 0 Å². The van der Waals surface area contributed by atoms with Crippen LogP contribution in [0.3, 0.4) is 0 Å². The van der Waals surface area contributed by atoms with Gasteiger partial charge in [-0.3, -0.25) is 0 Å². The third-order valence-electron chi connectivity index (χ3n) is 1.83. The molecule has 0 aromatic rings. The van der Waals surface area contributed by atoms with Crippen molar-refractivity contribution in [3.8, 4) is 0 Å². The van der Waals surface area contributed by atoms with Crippen LogP contribution < -0.4 is 5.32 Å². The zero-order chi connectivity index (χ0) is 10.1. The van der Waals surface area contributed by atoms with Gasteiger partial charge in [-0.05, 0) is 13.0 Å². The largest absolute Gasteiger partial charge is 0.394 e. The van der Waals surface area contributed by atoms with Crippen LogP contribution in [0.5, 0.6) is 0 Å². The van der Waals surface area contributed by atoms with Gasteiger partial charge in [0.05, 0.1) is 12.7 Å². The molecule has 0 aliphatic heterocycles. The van der Waals surface area contributed by atoms with E-state index in [9.17, 15) is 0 Å². The van der Waals surface area contributed by atoms with Gasteiger partial charge in [-0.15, -0.1) is 0 Å². The first-order valence-corrected chi connectivity index (χ1v) is 6.00. The van der Waals surface area contributed by atoms with Gasteiger partial charge in [0.2, 0.25) is 0 Å². The first kappa shape index (κ1) is 13.2. The predicted molar refractivity (Wildman–Crippen MR) is 58.2 cm³/mol. The van der Waals surface area contributed by atoms with E-state index in [0.717, 1.165) is 18.7 Å². The van der Waals surface area contributed by atoms with Gasteiger partial charge in [0.25, 0.3) is 0 Å². The average molecular weight is 207 g/mol. The molecule has 0 saturated carbocycles.